The molecule has 2 rings (SSSR count). The second kappa shape index (κ2) is 8.60. The van der Waals surface area contributed by atoms with Crippen LogP contribution in [0, 0.1) is 5.92 Å². The second-order valence-electron chi connectivity index (χ2n) is 6.11. The summed E-state index contributed by atoms with van der Waals surface area (Å²) >= 11 is 0. The molecule has 1 aromatic rings. The monoisotopic (exact) mass is 320 g/mol. The Hall–Kier alpha value is -1.98. The number of nitrogens with zero attached hydrogens (tertiary/aromatic N) is 1. The number of hydrogen-bond acceptors (Lipinski definition) is 3. The number of nitrogens with two attached hydrogens (primary N) is 1. The molecule has 1 aliphatic carbocycles. The quantitative estimate of drug-likeness (QED) is 0.554. The molecule has 0 saturated heterocycles. The van der Waals surface area contributed by atoms with Crippen molar-refractivity contribution >= 4 is 11.9 Å². The molecule has 4 N–H and O–H groups in total. The van der Waals surface area contributed by atoms with E-state index in [1.54, 1.807) is 12.1 Å². The lowest BCUT2D eigenvalue weighted by Crippen LogP contribution is -2.45. The van der Waals surface area contributed by atoms with E-state index in [0.717, 1.165) is 18.4 Å². The molecule has 6 nitrogen and oxygen atoms in total. The minimum atomic E-state index is -0.557. The van der Waals surface area contributed by atoms with E-state index in [-0.39, 0.29) is 5.76 Å². The molecule has 6 heteroatoms. The van der Waals surface area contributed by atoms with Crippen LogP contribution in [0.5, 0.6) is 0 Å². The number of aliphatic imine (C=N–C) groups is 1. The Kier molecular flexibility index (Phi) is 6.50. The van der Waals surface area contributed by atoms with E-state index in [4.69, 9.17) is 10.2 Å². The maximum absolute atomic E-state index is 11.0. The third kappa shape index (κ3) is 5.30. The van der Waals surface area contributed by atoms with Crippen LogP contribution in [-0.2, 0) is 6.54 Å². The zero-order chi connectivity index (χ0) is 16.7. The standard InChI is InChI=1S/C17H28N4O2/c1-3-12-6-5-7-13(10-12)21-17(19-4-2)20-11-14-8-9-15(23-14)16(18)22/h8-9,12-13H,3-7,10-11H2,1-2H3,(H2,18,22)(H2,19,20,21). The summed E-state index contributed by atoms with van der Waals surface area (Å²) in [5, 5.41) is 6.79. The number of nitrogens with one attached hydrogen (secondary N) is 2. The lowest BCUT2D eigenvalue weighted by molar-refractivity contribution is 0.0972. The molecular formula is C17H28N4O2. The highest BCUT2D eigenvalue weighted by molar-refractivity contribution is 5.89. The van der Waals surface area contributed by atoms with Gasteiger partial charge in [0, 0.05) is 12.6 Å². The number of rotatable bonds is 6. The molecule has 23 heavy (non-hydrogen) atoms. The van der Waals surface area contributed by atoms with E-state index in [9.17, 15) is 4.79 Å². The summed E-state index contributed by atoms with van der Waals surface area (Å²) in [6, 6.07) is 3.80. The van der Waals surface area contributed by atoms with E-state index < -0.39 is 5.91 Å². The maximum Gasteiger partial charge on any atom is 0.284 e. The van der Waals surface area contributed by atoms with E-state index in [1.165, 1.54) is 32.1 Å². The van der Waals surface area contributed by atoms with Crippen molar-refractivity contribution in [2.75, 3.05) is 6.54 Å². The zero-order valence-corrected chi connectivity index (χ0v) is 14.1. The number of carbonyl (C=O) groups excluding carboxylic acids is 1. The minimum Gasteiger partial charge on any atom is -0.454 e. The van der Waals surface area contributed by atoms with Crippen LogP contribution in [0.3, 0.4) is 0 Å². The number of hydrogen-bond donors (Lipinski definition) is 3. The Morgan fingerprint density at radius 3 is 2.87 bits per heavy atom. The molecule has 0 aromatic carbocycles. The van der Waals surface area contributed by atoms with Gasteiger partial charge in [-0.2, -0.15) is 0 Å². The average molecular weight is 320 g/mol. The normalized spacial score (nSPS) is 21.9. The van der Waals surface area contributed by atoms with E-state index in [2.05, 4.69) is 22.5 Å². The van der Waals surface area contributed by atoms with Gasteiger partial charge in [0.15, 0.2) is 11.7 Å². The summed E-state index contributed by atoms with van der Waals surface area (Å²) in [5.41, 5.74) is 5.19. The first kappa shape index (κ1) is 17.4. The highest BCUT2D eigenvalue weighted by Crippen LogP contribution is 2.26. The van der Waals surface area contributed by atoms with Crippen molar-refractivity contribution in [1.29, 1.82) is 0 Å². The Labute approximate surface area is 137 Å². The van der Waals surface area contributed by atoms with Gasteiger partial charge < -0.3 is 20.8 Å². The lowest BCUT2D eigenvalue weighted by atomic mass is 9.84. The van der Waals surface area contributed by atoms with Crippen molar-refractivity contribution in [3.63, 3.8) is 0 Å². The molecule has 0 radical (unpaired) electrons. The Morgan fingerprint density at radius 1 is 1.39 bits per heavy atom. The van der Waals surface area contributed by atoms with Gasteiger partial charge in [-0.1, -0.05) is 26.2 Å². The average Bonchev–Trinajstić information content (AvgIpc) is 3.02. The molecule has 1 aromatic heterocycles. The van der Waals surface area contributed by atoms with Gasteiger partial charge in [-0.25, -0.2) is 4.99 Å². The largest absolute Gasteiger partial charge is 0.454 e. The fraction of sp³-hybridized carbons (Fsp3) is 0.647. The highest BCUT2D eigenvalue weighted by atomic mass is 16.3. The van der Waals surface area contributed by atoms with Crippen molar-refractivity contribution in [2.45, 2.75) is 58.5 Å². The van der Waals surface area contributed by atoms with Gasteiger partial charge in [-0.05, 0) is 37.8 Å². The summed E-state index contributed by atoms with van der Waals surface area (Å²) in [4.78, 5) is 15.6. The third-order valence-corrected chi connectivity index (χ3v) is 4.34. The van der Waals surface area contributed by atoms with Crippen molar-refractivity contribution in [2.24, 2.45) is 16.6 Å². The van der Waals surface area contributed by atoms with Crippen LogP contribution >= 0.6 is 0 Å². The number of amides is 1. The van der Waals surface area contributed by atoms with Crippen LogP contribution in [0.1, 0.15) is 62.3 Å². The first-order chi connectivity index (χ1) is 11.1. The molecule has 0 bridgehead atoms. The van der Waals surface area contributed by atoms with Crippen LogP contribution in [0.15, 0.2) is 21.5 Å². The van der Waals surface area contributed by atoms with Gasteiger partial charge in [-0.3, -0.25) is 4.79 Å². The van der Waals surface area contributed by atoms with Crippen LogP contribution in [0.2, 0.25) is 0 Å². The van der Waals surface area contributed by atoms with E-state index in [0.29, 0.717) is 18.3 Å². The van der Waals surface area contributed by atoms with Crippen molar-refractivity contribution in [3.8, 4) is 0 Å². The predicted octanol–water partition coefficient (Wildman–Crippen LogP) is 2.40. The van der Waals surface area contributed by atoms with Crippen LogP contribution in [0.4, 0.5) is 0 Å². The van der Waals surface area contributed by atoms with Gasteiger partial charge in [0.2, 0.25) is 0 Å². The van der Waals surface area contributed by atoms with Crippen LogP contribution in [0.25, 0.3) is 0 Å². The first-order valence-corrected chi connectivity index (χ1v) is 8.55. The molecule has 2 atom stereocenters. The van der Waals surface area contributed by atoms with Gasteiger partial charge >= 0.3 is 0 Å². The molecule has 1 heterocycles. The first-order valence-electron chi connectivity index (χ1n) is 8.55. The van der Waals surface area contributed by atoms with Crippen LogP contribution < -0.4 is 16.4 Å². The molecule has 0 aliphatic heterocycles. The van der Waals surface area contributed by atoms with Gasteiger partial charge in [-0.15, -0.1) is 0 Å². The number of furan rings is 1. The van der Waals surface area contributed by atoms with Crippen molar-refractivity contribution in [3.05, 3.63) is 23.7 Å². The molecule has 1 fully saturated rings. The second-order valence-corrected chi connectivity index (χ2v) is 6.11. The molecule has 1 aliphatic rings. The molecule has 2 unspecified atom stereocenters. The highest BCUT2D eigenvalue weighted by Gasteiger charge is 2.21. The van der Waals surface area contributed by atoms with Gasteiger partial charge in [0.25, 0.3) is 5.91 Å². The van der Waals surface area contributed by atoms with E-state index >= 15 is 0 Å². The fourth-order valence-corrected chi connectivity index (χ4v) is 3.06. The summed E-state index contributed by atoms with van der Waals surface area (Å²) < 4.78 is 5.36. The molecule has 1 saturated carbocycles. The molecular weight excluding hydrogens is 292 g/mol. The van der Waals surface area contributed by atoms with Crippen molar-refractivity contribution < 1.29 is 9.21 Å². The van der Waals surface area contributed by atoms with Crippen LogP contribution in [-0.4, -0.2) is 24.5 Å². The fourth-order valence-electron chi connectivity index (χ4n) is 3.06. The molecule has 128 valence electrons. The van der Waals surface area contributed by atoms with Gasteiger partial charge in [0.05, 0.1) is 0 Å². The zero-order valence-electron chi connectivity index (χ0n) is 14.1. The Bertz CT molecular complexity index is 538. The Morgan fingerprint density at radius 2 is 2.22 bits per heavy atom. The summed E-state index contributed by atoms with van der Waals surface area (Å²) in [7, 11) is 0. The molecule has 1 amide bonds. The maximum atomic E-state index is 11.0. The van der Waals surface area contributed by atoms with Gasteiger partial charge in [0.1, 0.15) is 12.3 Å². The minimum absolute atomic E-state index is 0.172. The topological polar surface area (TPSA) is 92.6 Å². The summed E-state index contributed by atoms with van der Waals surface area (Å²) in [6.45, 7) is 5.50. The summed E-state index contributed by atoms with van der Waals surface area (Å²) in [6.07, 6.45) is 6.25. The molecule has 0 spiro atoms. The van der Waals surface area contributed by atoms with E-state index in [1.807, 2.05) is 6.92 Å². The Balaban J connectivity index is 1.94. The third-order valence-electron chi connectivity index (χ3n) is 4.34. The summed E-state index contributed by atoms with van der Waals surface area (Å²) in [5.74, 6) is 1.86. The lowest BCUT2D eigenvalue weighted by Gasteiger charge is -2.30. The van der Waals surface area contributed by atoms with Crippen molar-refractivity contribution in [1.82, 2.24) is 10.6 Å². The smallest absolute Gasteiger partial charge is 0.284 e. The number of carbonyl (C=O) groups is 1. The SMILES string of the molecule is CCNC(=NCc1ccc(C(N)=O)o1)NC1CCCC(CC)C1. The number of guanidine groups is 1. The predicted molar refractivity (Wildman–Crippen MR) is 91.2 cm³/mol. The number of primary amides is 1.